The summed E-state index contributed by atoms with van der Waals surface area (Å²) in [6, 6.07) is 5.48. The Balaban J connectivity index is 0.000000219. The van der Waals surface area contributed by atoms with Gasteiger partial charge in [-0.15, -0.1) is 0 Å². The van der Waals surface area contributed by atoms with Crippen LogP contribution in [0.15, 0.2) is 36.2 Å². The van der Waals surface area contributed by atoms with Crippen molar-refractivity contribution in [3.63, 3.8) is 0 Å². The van der Waals surface area contributed by atoms with Crippen LogP contribution in [-0.2, 0) is 0 Å². The first-order chi connectivity index (χ1) is 9.75. The largest absolute Gasteiger partial charge is 0.478 e. The number of carbonyl (C=O) groups is 2. The molecule has 1 unspecified atom stereocenters. The summed E-state index contributed by atoms with van der Waals surface area (Å²) in [5.74, 6) is -2.46. The Labute approximate surface area is 123 Å². The smallest absolute Gasteiger partial charge is 0.336 e. The van der Waals surface area contributed by atoms with Crippen molar-refractivity contribution < 1.29 is 19.8 Å². The molecule has 0 bridgehead atoms. The maximum Gasteiger partial charge on any atom is 0.336 e. The van der Waals surface area contributed by atoms with Crippen LogP contribution in [0.2, 0.25) is 0 Å². The van der Waals surface area contributed by atoms with E-state index in [0.717, 1.165) is 0 Å². The average molecular weight is 292 g/mol. The normalized spacial score (nSPS) is 17.0. The van der Waals surface area contributed by atoms with Gasteiger partial charge >= 0.3 is 11.9 Å². The highest BCUT2D eigenvalue weighted by Crippen LogP contribution is 2.16. The number of hydrogen-bond acceptors (Lipinski definition) is 4. The molecular formula is C15H20N2O4. The lowest BCUT2D eigenvalue weighted by Gasteiger charge is -2.24. The number of allylic oxidation sites excluding steroid dienone is 1. The maximum atomic E-state index is 10.5. The Kier molecular flexibility index (Phi) is 5.35. The quantitative estimate of drug-likeness (QED) is 0.869. The predicted molar refractivity (Wildman–Crippen MR) is 79.1 cm³/mol. The zero-order valence-corrected chi connectivity index (χ0v) is 12.6. The summed E-state index contributed by atoms with van der Waals surface area (Å²) < 4.78 is 0. The highest BCUT2D eigenvalue weighted by atomic mass is 16.4. The Morgan fingerprint density at radius 2 is 1.48 bits per heavy atom. The van der Waals surface area contributed by atoms with Gasteiger partial charge in [-0.05, 0) is 26.0 Å². The van der Waals surface area contributed by atoms with Crippen molar-refractivity contribution in [1.82, 2.24) is 9.80 Å². The zero-order chi connectivity index (χ0) is 16.2. The molecule has 1 aliphatic heterocycles. The molecule has 6 nitrogen and oxygen atoms in total. The highest BCUT2D eigenvalue weighted by molar-refractivity contribution is 6.01. The molecule has 1 atom stereocenters. The minimum Gasteiger partial charge on any atom is -0.478 e. The zero-order valence-electron chi connectivity index (χ0n) is 12.6. The van der Waals surface area contributed by atoms with E-state index >= 15 is 0 Å². The number of hydrogen-bond donors (Lipinski definition) is 2. The van der Waals surface area contributed by atoms with Gasteiger partial charge < -0.3 is 20.0 Å². The van der Waals surface area contributed by atoms with E-state index in [9.17, 15) is 9.59 Å². The molecule has 0 aliphatic carbocycles. The Morgan fingerprint density at radius 3 is 1.67 bits per heavy atom. The van der Waals surface area contributed by atoms with Gasteiger partial charge in [-0.1, -0.05) is 12.1 Å². The van der Waals surface area contributed by atoms with Gasteiger partial charge in [-0.25, -0.2) is 9.59 Å². The average Bonchev–Trinajstić information content (AvgIpc) is 2.66. The number of aromatic carboxylic acids is 2. The molecule has 0 aromatic heterocycles. The van der Waals surface area contributed by atoms with Crippen LogP contribution < -0.4 is 0 Å². The minimum atomic E-state index is -1.23. The number of benzene rings is 1. The molecule has 114 valence electrons. The first-order valence-corrected chi connectivity index (χ1v) is 6.44. The molecule has 0 saturated carbocycles. The fourth-order valence-corrected chi connectivity index (χ4v) is 1.92. The SMILES string of the molecule is CC1=CN(C)C(C)N1C.O=C(O)c1ccccc1C(=O)O. The van der Waals surface area contributed by atoms with E-state index in [1.54, 1.807) is 0 Å². The van der Waals surface area contributed by atoms with Crippen LogP contribution in [-0.4, -0.2) is 52.2 Å². The fourth-order valence-electron chi connectivity index (χ4n) is 1.92. The number of nitrogens with zero attached hydrogens (tertiary/aromatic N) is 2. The number of carboxylic acid groups (broad SMARTS) is 2. The summed E-state index contributed by atoms with van der Waals surface area (Å²) in [5, 5.41) is 17.1. The molecule has 1 heterocycles. The van der Waals surface area contributed by atoms with E-state index < -0.39 is 11.9 Å². The van der Waals surface area contributed by atoms with Gasteiger partial charge in [0.2, 0.25) is 0 Å². The molecule has 0 spiro atoms. The number of carboxylic acids is 2. The minimum absolute atomic E-state index is 0.190. The van der Waals surface area contributed by atoms with Gasteiger partial charge in [-0.3, -0.25) is 0 Å². The van der Waals surface area contributed by atoms with Crippen LogP contribution in [0.5, 0.6) is 0 Å². The summed E-state index contributed by atoms with van der Waals surface area (Å²) in [5.41, 5.74) is 0.958. The van der Waals surface area contributed by atoms with Crippen molar-refractivity contribution in [1.29, 1.82) is 0 Å². The van der Waals surface area contributed by atoms with E-state index in [4.69, 9.17) is 10.2 Å². The lowest BCUT2D eigenvalue weighted by Crippen LogP contribution is -2.31. The molecule has 1 aromatic carbocycles. The second kappa shape index (κ2) is 6.78. The third kappa shape index (κ3) is 3.98. The second-order valence-corrected chi connectivity index (χ2v) is 4.83. The molecule has 6 heteroatoms. The highest BCUT2D eigenvalue weighted by Gasteiger charge is 2.18. The van der Waals surface area contributed by atoms with Gasteiger partial charge in [0.15, 0.2) is 0 Å². The Hall–Kier alpha value is -2.50. The van der Waals surface area contributed by atoms with E-state index in [1.165, 1.54) is 30.0 Å². The van der Waals surface area contributed by atoms with Gasteiger partial charge in [-0.2, -0.15) is 0 Å². The van der Waals surface area contributed by atoms with Crippen molar-refractivity contribution in [2.45, 2.75) is 20.0 Å². The molecule has 0 fully saturated rings. The number of rotatable bonds is 2. The summed E-state index contributed by atoms with van der Waals surface area (Å²) in [6.45, 7) is 4.31. The molecule has 0 amide bonds. The van der Waals surface area contributed by atoms with Crippen molar-refractivity contribution in [2.24, 2.45) is 0 Å². The van der Waals surface area contributed by atoms with Gasteiger partial charge in [0.05, 0.1) is 17.3 Å². The third-order valence-corrected chi connectivity index (χ3v) is 3.48. The molecule has 1 aliphatic rings. The van der Waals surface area contributed by atoms with Crippen LogP contribution in [0.25, 0.3) is 0 Å². The lowest BCUT2D eigenvalue weighted by atomic mass is 10.1. The van der Waals surface area contributed by atoms with Crippen molar-refractivity contribution in [2.75, 3.05) is 14.1 Å². The molecule has 1 aromatic rings. The first kappa shape index (κ1) is 16.6. The molecule has 0 radical (unpaired) electrons. The Morgan fingerprint density at radius 1 is 1.05 bits per heavy atom. The van der Waals surface area contributed by atoms with Gasteiger partial charge in [0, 0.05) is 26.0 Å². The summed E-state index contributed by atoms with van der Waals surface area (Å²) in [6.07, 6.45) is 2.69. The van der Waals surface area contributed by atoms with Crippen LogP contribution in [0.3, 0.4) is 0 Å². The van der Waals surface area contributed by atoms with Crippen molar-refractivity contribution >= 4 is 11.9 Å². The van der Waals surface area contributed by atoms with Crippen LogP contribution in [0.4, 0.5) is 0 Å². The van der Waals surface area contributed by atoms with Crippen LogP contribution in [0.1, 0.15) is 34.6 Å². The molecular weight excluding hydrogens is 272 g/mol. The first-order valence-electron chi connectivity index (χ1n) is 6.44. The molecule has 21 heavy (non-hydrogen) atoms. The predicted octanol–water partition coefficient (Wildman–Crippen LogP) is 2.15. The second-order valence-electron chi connectivity index (χ2n) is 4.83. The fraction of sp³-hybridized carbons (Fsp3) is 0.333. The van der Waals surface area contributed by atoms with E-state index in [2.05, 4.69) is 43.9 Å². The topological polar surface area (TPSA) is 81.1 Å². The van der Waals surface area contributed by atoms with Crippen LogP contribution >= 0.6 is 0 Å². The van der Waals surface area contributed by atoms with Crippen molar-refractivity contribution in [3.8, 4) is 0 Å². The van der Waals surface area contributed by atoms with Gasteiger partial charge in [0.25, 0.3) is 0 Å². The van der Waals surface area contributed by atoms with E-state index in [1.807, 2.05) is 0 Å². The van der Waals surface area contributed by atoms with Gasteiger partial charge in [0.1, 0.15) is 0 Å². The molecule has 0 saturated heterocycles. The Bertz CT molecular complexity index is 536. The summed E-state index contributed by atoms with van der Waals surface area (Å²) >= 11 is 0. The third-order valence-electron chi connectivity index (χ3n) is 3.48. The van der Waals surface area contributed by atoms with E-state index in [-0.39, 0.29) is 11.1 Å². The molecule has 2 N–H and O–H groups in total. The standard InChI is InChI=1S/C8H6O4.C7H14N2/c9-7(10)5-3-1-2-4-6(5)8(11)12;1-6-5-8(3)7(2)9(6)4/h1-4H,(H,9,10)(H,11,12);5,7H,1-4H3. The summed E-state index contributed by atoms with van der Waals surface area (Å²) in [4.78, 5) is 25.4. The maximum absolute atomic E-state index is 10.5. The lowest BCUT2D eigenvalue weighted by molar-refractivity contribution is 0.0651. The monoisotopic (exact) mass is 292 g/mol. The molecule has 2 rings (SSSR count). The van der Waals surface area contributed by atoms with Crippen LogP contribution in [0, 0.1) is 0 Å². The van der Waals surface area contributed by atoms with Crippen molar-refractivity contribution in [3.05, 3.63) is 47.3 Å². The summed E-state index contributed by atoms with van der Waals surface area (Å²) in [7, 11) is 4.21. The van der Waals surface area contributed by atoms with E-state index in [0.29, 0.717) is 6.17 Å².